The fourth-order valence-electron chi connectivity index (χ4n) is 2.35. The Morgan fingerprint density at radius 2 is 1.80 bits per heavy atom. The van der Waals surface area contributed by atoms with Crippen molar-refractivity contribution < 1.29 is 4.74 Å². The Balaban J connectivity index is 2.55. The average Bonchev–Trinajstić information content (AvgIpc) is 2.36. The highest BCUT2D eigenvalue weighted by atomic mass is 16.5. The highest BCUT2D eigenvalue weighted by Gasteiger charge is 2.09. The molecule has 0 saturated heterocycles. The minimum atomic E-state index is 0.191. The number of ether oxygens (including phenoxy) is 1. The van der Waals surface area contributed by atoms with Crippen LogP contribution >= 0.6 is 0 Å². The fourth-order valence-corrected chi connectivity index (χ4v) is 2.35. The molecule has 1 N–H and O–H groups in total. The van der Waals surface area contributed by atoms with E-state index in [9.17, 15) is 0 Å². The molecular formula is C18H31NO. The van der Waals surface area contributed by atoms with Crippen LogP contribution in [0.1, 0.15) is 64.5 Å². The van der Waals surface area contributed by atoms with E-state index in [0.717, 1.165) is 12.3 Å². The zero-order chi connectivity index (χ0) is 15.1. The molecule has 0 aliphatic heterocycles. The molecular weight excluding hydrogens is 246 g/mol. The summed E-state index contributed by atoms with van der Waals surface area (Å²) in [6.45, 7) is 14.0. The van der Waals surface area contributed by atoms with Crippen LogP contribution in [0.2, 0.25) is 0 Å². The van der Waals surface area contributed by atoms with Gasteiger partial charge in [-0.2, -0.15) is 0 Å². The van der Waals surface area contributed by atoms with E-state index in [2.05, 4.69) is 65.1 Å². The van der Waals surface area contributed by atoms with E-state index >= 15 is 0 Å². The van der Waals surface area contributed by atoms with Crippen LogP contribution in [0.5, 0.6) is 5.75 Å². The Bertz CT molecular complexity index is 400. The third-order valence-electron chi connectivity index (χ3n) is 3.55. The lowest BCUT2D eigenvalue weighted by molar-refractivity contribution is 0.211. The van der Waals surface area contributed by atoms with E-state index in [1.165, 1.54) is 24.0 Å². The van der Waals surface area contributed by atoms with Crippen molar-refractivity contribution in [2.75, 3.05) is 6.54 Å². The normalized spacial score (nSPS) is 14.3. The summed E-state index contributed by atoms with van der Waals surface area (Å²) in [5.41, 5.74) is 2.62. The topological polar surface area (TPSA) is 21.3 Å². The van der Waals surface area contributed by atoms with Crippen LogP contribution in [0, 0.1) is 6.92 Å². The van der Waals surface area contributed by atoms with Crippen molar-refractivity contribution >= 4 is 0 Å². The van der Waals surface area contributed by atoms with Gasteiger partial charge in [0.25, 0.3) is 0 Å². The molecule has 0 bridgehead atoms. The van der Waals surface area contributed by atoms with Gasteiger partial charge >= 0.3 is 0 Å². The molecule has 0 spiro atoms. The summed E-state index contributed by atoms with van der Waals surface area (Å²) in [4.78, 5) is 0. The van der Waals surface area contributed by atoms with Crippen molar-refractivity contribution in [3.05, 3.63) is 29.3 Å². The van der Waals surface area contributed by atoms with Crippen LogP contribution in [0.25, 0.3) is 0 Å². The summed E-state index contributed by atoms with van der Waals surface area (Å²) < 4.78 is 6.05. The zero-order valence-electron chi connectivity index (χ0n) is 14.0. The highest BCUT2D eigenvalue weighted by molar-refractivity contribution is 5.35. The first kappa shape index (κ1) is 17.0. The number of aryl methyl sites for hydroxylation is 1. The summed E-state index contributed by atoms with van der Waals surface area (Å²) in [7, 11) is 0. The van der Waals surface area contributed by atoms with Crippen LogP contribution in [0.15, 0.2) is 18.2 Å². The Morgan fingerprint density at radius 3 is 2.40 bits per heavy atom. The van der Waals surface area contributed by atoms with Gasteiger partial charge in [-0.3, -0.25) is 0 Å². The molecule has 1 aromatic rings. The van der Waals surface area contributed by atoms with Gasteiger partial charge in [-0.25, -0.2) is 0 Å². The van der Waals surface area contributed by atoms with Crippen molar-refractivity contribution in [1.82, 2.24) is 5.32 Å². The molecule has 0 aromatic heterocycles. The Labute approximate surface area is 124 Å². The Morgan fingerprint density at radius 1 is 1.10 bits per heavy atom. The molecule has 0 saturated carbocycles. The Kier molecular flexibility index (Phi) is 7.08. The maximum absolute atomic E-state index is 6.05. The summed E-state index contributed by atoms with van der Waals surface area (Å²) in [6, 6.07) is 7.10. The van der Waals surface area contributed by atoms with Crippen molar-refractivity contribution in [2.45, 2.75) is 72.4 Å². The van der Waals surface area contributed by atoms with Crippen LogP contribution in [0.3, 0.4) is 0 Å². The highest BCUT2D eigenvalue weighted by Crippen LogP contribution is 2.23. The molecule has 2 nitrogen and oxygen atoms in total. The van der Waals surface area contributed by atoms with Gasteiger partial charge < -0.3 is 10.1 Å². The smallest absolute Gasteiger partial charge is 0.120 e. The molecule has 2 atom stereocenters. The van der Waals surface area contributed by atoms with Gasteiger partial charge in [0, 0.05) is 12.6 Å². The minimum absolute atomic E-state index is 0.191. The molecule has 114 valence electrons. The van der Waals surface area contributed by atoms with E-state index in [1.807, 2.05) is 0 Å². The standard InChI is InChI=1S/C18H31NO/c1-7-8-15(5)19-12-16(6)20-18-10-14(4)9-17(11-18)13(2)3/h9-11,13,15-16,19H,7-8,12H2,1-6H3. The lowest BCUT2D eigenvalue weighted by Crippen LogP contribution is -2.35. The molecule has 2 unspecified atom stereocenters. The predicted octanol–water partition coefficient (Wildman–Crippen LogP) is 4.66. The van der Waals surface area contributed by atoms with Gasteiger partial charge in [0.05, 0.1) is 0 Å². The molecule has 1 aromatic carbocycles. The third-order valence-corrected chi connectivity index (χ3v) is 3.55. The van der Waals surface area contributed by atoms with Gasteiger partial charge in [-0.05, 0) is 56.4 Å². The van der Waals surface area contributed by atoms with Crippen LogP contribution in [0.4, 0.5) is 0 Å². The lowest BCUT2D eigenvalue weighted by Gasteiger charge is -2.20. The first-order valence-corrected chi connectivity index (χ1v) is 7.94. The quantitative estimate of drug-likeness (QED) is 0.746. The van der Waals surface area contributed by atoms with Gasteiger partial charge in [-0.1, -0.05) is 33.3 Å². The van der Waals surface area contributed by atoms with E-state index in [-0.39, 0.29) is 6.10 Å². The predicted molar refractivity (Wildman–Crippen MR) is 87.7 cm³/mol. The maximum atomic E-state index is 6.05. The molecule has 0 amide bonds. The largest absolute Gasteiger partial charge is 0.489 e. The molecule has 0 aliphatic carbocycles. The minimum Gasteiger partial charge on any atom is -0.489 e. The third kappa shape index (κ3) is 5.96. The van der Waals surface area contributed by atoms with Crippen LogP contribution < -0.4 is 10.1 Å². The second-order valence-corrected chi connectivity index (χ2v) is 6.26. The van der Waals surface area contributed by atoms with Crippen molar-refractivity contribution in [1.29, 1.82) is 0 Å². The number of hydrogen-bond acceptors (Lipinski definition) is 2. The molecule has 0 heterocycles. The van der Waals surface area contributed by atoms with Crippen LogP contribution in [-0.4, -0.2) is 18.7 Å². The Hall–Kier alpha value is -1.02. The van der Waals surface area contributed by atoms with Gasteiger partial charge in [0.15, 0.2) is 0 Å². The van der Waals surface area contributed by atoms with E-state index in [4.69, 9.17) is 4.74 Å². The first-order valence-electron chi connectivity index (χ1n) is 7.94. The molecule has 0 radical (unpaired) electrons. The van der Waals surface area contributed by atoms with Gasteiger partial charge in [0.2, 0.25) is 0 Å². The summed E-state index contributed by atoms with van der Waals surface area (Å²) in [5.74, 6) is 1.53. The van der Waals surface area contributed by atoms with Crippen LogP contribution in [-0.2, 0) is 0 Å². The van der Waals surface area contributed by atoms with Crippen molar-refractivity contribution in [3.63, 3.8) is 0 Å². The molecule has 1 rings (SSSR count). The molecule has 20 heavy (non-hydrogen) atoms. The molecule has 0 aliphatic rings. The zero-order valence-corrected chi connectivity index (χ0v) is 14.0. The van der Waals surface area contributed by atoms with Gasteiger partial charge in [0.1, 0.15) is 11.9 Å². The summed E-state index contributed by atoms with van der Waals surface area (Å²) >= 11 is 0. The summed E-state index contributed by atoms with van der Waals surface area (Å²) in [5, 5.41) is 3.53. The lowest BCUT2D eigenvalue weighted by atomic mass is 10.0. The summed E-state index contributed by atoms with van der Waals surface area (Å²) in [6.07, 6.45) is 2.63. The van der Waals surface area contributed by atoms with Gasteiger partial charge in [-0.15, -0.1) is 0 Å². The number of benzene rings is 1. The second-order valence-electron chi connectivity index (χ2n) is 6.26. The molecule has 2 heteroatoms. The maximum Gasteiger partial charge on any atom is 0.120 e. The molecule has 0 fully saturated rings. The van der Waals surface area contributed by atoms with Crippen molar-refractivity contribution in [3.8, 4) is 5.75 Å². The fraction of sp³-hybridized carbons (Fsp3) is 0.667. The SMILES string of the molecule is CCCC(C)NCC(C)Oc1cc(C)cc(C(C)C)c1. The number of hydrogen-bond donors (Lipinski definition) is 1. The number of nitrogens with one attached hydrogen (secondary N) is 1. The van der Waals surface area contributed by atoms with Crippen molar-refractivity contribution in [2.24, 2.45) is 0 Å². The van der Waals surface area contributed by atoms with E-state index in [1.54, 1.807) is 0 Å². The number of rotatable bonds is 8. The monoisotopic (exact) mass is 277 g/mol. The van der Waals surface area contributed by atoms with E-state index in [0.29, 0.717) is 12.0 Å². The second kappa shape index (κ2) is 8.31. The average molecular weight is 277 g/mol. The first-order chi connectivity index (χ1) is 9.42. The van der Waals surface area contributed by atoms with E-state index < -0.39 is 0 Å².